The number of para-hydroxylation sites is 1. The third-order valence-electron chi connectivity index (χ3n) is 2.93. The van der Waals surface area contributed by atoms with Crippen molar-refractivity contribution in [3.8, 4) is 0 Å². The van der Waals surface area contributed by atoms with Crippen molar-refractivity contribution in [2.45, 2.75) is 17.5 Å². The summed E-state index contributed by atoms with van der Waals surface area (Å²) in [5.41, 5.74) is 0.774. The zero-order valence-corrected chi connectivity index (χ0v) is 13.0. The Balaban J connectivity index is 1.73. The van der Waals surface area contributed by atoms with E-state index in [1.807, 2.05) is 17.5 Å². The van der Waals surface area contributed by atoms with Gasteiger partial charge in [-0.3, -0.25) is 10.1 Å². The maximum atomic E-state index is 11.0. The maximum Gasteiger partial charge on any atom is 0.273 e. The lowest BCUT2D eigenvalue weighted by atomic mass is 10.2. The van der Waals surface area contributed by atoms with Crippen LogP contribution in [0.2, 0.25) is 0 Å². The highest BCUT2D eigenvalue weighted by Gasteiger charge is 2.14. The van der Waals surface area contributed by atoms with Gasteiger partial charge >= 0.3 is 0 Å². The molecule has 1 aromatic carbocycles. The van der Waals surface area contributed by atoms with E-state index in [1.54, 1.807) is 34.2 Å². The van der Waals surface area contributed by atoms with Gasteiger partial charge in [-0.2, -0.15) is 0 Å². The molecule has 0 spiro atoms. The van der Waals surface area contributed by atoms with E-state index >= 15 is 0 Å². The molecule has 0 saturated heterocycles. The number of rotatable bonds is 6. The molecule has 0 saturated carbocycles. The minimum absolute atomic E-state index is 0.118. The van der Waals surface area contributed by atoms with E-state index in [0.29, 0.717) is 23.0 Å². The minimum Gasteiger partial charge on any atom is -0.258 e. The van der Waals surface area contributed by atoms with Crippen LogP contribution >= 0.6 is 23.1 Å². The van der Waals surface area contributed by atoms with Crippen molar-refractivity contribution < 1.29 is 4.92 Å². The Hall–Kier alpha value is -2.26. The van der Waals surface area contributed by atoms with Crippen LogP contribution in [-0.2, 0) is 12.3 Å². The van der Waals surface area contributed by atoms with E-state index < -0.39 is 0 Å². The summed E-state index contributed by atoms with van der Waals surface area (Å²) < 4.78 is 1.70. The zero-order valence-electron chi connectivity index (χ0n) is 11.3. The molecule has 3 rings (SSSR count). The number of benzene rings is 1. The number of nitro groups is 1. The van der Waals surface area contributed by atoms with Crippen molar-refractivity contribution in [2.75, 3.05) is 0 Å². The standard InChI is InChI=1S/C13H11N5O2S2/c19-18(20)12-6-2-1-4-10(12)9-22-13-14-15-16-17(13)8-11-5-3-7-21-11/h1-7H,8-9H2. The number of hydrogen-bond acceptors (Lipinski definition) is 7. The van der Waals surface area contributed by atoms with Gasteiger partial charge in [-0.15, -0.1) is 16.4 Å². The number of nitrogens with zero attached hydrogens (tertiary/aromatic N) is 5. The molecule has 9 heteroatoms. The number of nitro benzene ring substituents is 1. The van der Waals surface area contributed by atoms with Crippen LogP contribution in [0.25, 0.3) is 0 Å². The normalized spacial score (nSPS) is 10.7. The Morgan fingerprint density at radius 1 is 1.27 bits per heavy atom. The molecule has 2 heterocycles. The molecule has 0 aliphatic rings. The molecule has 0 unspecified atom stereocenters. The lowest BCUT2D eigenvalue weighted by molar-refractivity contribution is -0.385. The van der Waals surface area contributed by atoms with Crippen molar-refractivity contribution in [3.63, 3.8) is 0 Å². The molecule has 0 N–H and O–H groups in total. The van der Waals surface area contributed by atoms with E-state index in [-0.39, 0.29) is 10.6 Å². The summed E-state index contributed by atoms with van der Waals surface area (Å²) >= 11 is 3.02. The molecule has 0 fully saturated rings. The molecular weight excluding hydrogens is 322 g/mol. The Morgan fingerprint density at radius 3 is 2.91 bits per heavy atom. The van der Waals surface area contributed by atoms with Gasteiger partial charge < -0.3 is 0 Å². The van der Waals surface area contributed by atoms with Gasteiger partial charge in [-0.1, -0.05) is 36.0 Å². The first-order chi connectivity index (χ1) is 10.7. The van der Waals surface area contributed by atoms with Crippen molar-refractivity contribution >= 4 is 28.8 Å². The second-order valence-electron chi connectivity index (χ2n) is 4.37. The molecule has 0 bridgehead atoms. The fourth-order valence-corrected chi connectivity index (χ4v) is 3.46. The monoisotopic (exact) mass is 333 g/mol. The quantitative estimate of drug-likeness (QED) is 0.391. The van der Waals surface area contributed by atoms with Crippen molar-refractivity contribution in [1.29, 1.82) is 0 Å². The lowest BCUT2D eigenvalue weighted by Gasteiger charge is -2.04. The lowest BCUT2D eigenvalue weighted by Crippen LogP contribution is -2.02. The molecule has 0 aliphatic carbocycles. The Labute approximate surface area is 134 Å². The molecule has 22 heavy (non-hydrogen) atoms. The fourth-order valence-electron chi connectivity index (χ4n) is 1.90. The van der Waals surface area contributed by atoms with Crippen LogP contribution < -0.4 is 0 Å². The average molecular weight is 333 g/mol. The highest BCUT2D eigenvalue weighted by atomic mass is 32.2. The summed E-state index contributed by atoms with van der Waals surface area (Å²) in [5, 5.41) is 25.3. The summed E-state index contributed by atoms with van der Waals surface area (Å²) in [4.78, 5) is 11.8. The molecule has 0 amide bonds. The number of thioether (sulfide) groups is 1. The molecule has 2 aromatic heterocycles. The van der Waals surface area contributed by atoms with E-state index in [0.717, 1.165) is 4.88 Å². The molecule has 0 atom stereocenters. The first kappa shape index (κ1) is 14.7. The topological polar surface area (TPSA) is 86.7 Å². The maximum absolute atomic E-state index is 11.0. The van der Waals surface area contributed by atoms with Crippen LogP contribution in [0.5, 0.6) is 0 Å². The van der Waals surface area contributed by atoms with Crippen molar-refractivity contribution in [2.24, 2.45) is 0 Å². The number of hydrogen-bond donors (Lipinski definition) is 0. The predicted molar refractivity (Wildman–Crippen MR) is 83.9 cm³/mol. The van der Waals surface area contributed by atoms with Gasteiger partial charge in [0.05, 0.1) is 11.5 Å². The molecule has 7 nitrogen and oxygen atoms in total. The van der Waals surface area contributed by atoms with Crippen LogP contribution in [-0.4, -0.2) is 25.1 Å². The van der Waals surface area contributed by atoms with Crippen LogP contribution in [0.1, 0.15) is 10.4 Å². The largest absolute Gasteiger partial charge is 0.273 e. The molecular formula is C13H11N5O2S2. The van der Waals surface area contributed by atoms with Gasteiger partial charge in [0.15, 0.2) is 0 Å². The van der Waals surface area contributed by atoms with Crippen molar-refractivity contribution in [1.82, 2.24) is 20.2 Å². The van der Waals surface area contributed by atoms with Crippen molar-refractivity contribution in [3.05, 3.63) is 62.3 Å². The summed E-state index contributed by atoms with van der Waals surface area (Å²) in [6.07, 6.45) is 0. The van der Waals surface area contributed by atoms with Gasteiger partial charge in [0, 0.05) is 22.3 Å². The highest BCUT2D eigenvalue weighted by Crippen LogP contribution is 2.26. The summed E-state index contributed by atoms with van der Waals surface area (Å²) in [5.74, 6) is 0.446. The number of tetrazole rings is 1. The van der Waals surface area contributed by atoms with Gasteiger partial charge in [-0.25, -0.2) is 4.68 Å². The Bertz CT molecular complexity index is 772. The third-order valence-corrected chi connectivity index (χ3v) is 4.80. The van der Waals surface area contributed by atoms with Gasteiger partial charge in [0.2, 0.25) is 5.16 Å². The third kappa shape index (κ3) is 3.31. The Morgan fingerprint density at radius 2 is 2.14 bits per heavy atom. The minimum atomic E-state index is -0.371. The first-order valence-electron chi connectivity index (χ1n) is 6.37. The second-order valence-corrected chi connectivity index (χ2v) is 6.35. The number of thiophene rings is 1. The summed E-state index contributed by atoms with van der Waals surface area (Å²) in [7, 11) is 0. The van der Waals surface area contributed by atoms with Gasteiger partial charge in [0.25, 0.3) is 5.69 Å². The van der Waals surface area contributed by atoms with E-state index in [9.17, 15) is 10.1 Å². The predicted octanol–water partition coefficient (Wildman–Crippen LogP) is 2.98. The van der Waals surface area contributed by atoms with Crippen LogP contribution in [0.3, 0.4) is 0 Å². The second kappa shape index (κ2) is 6.67. The summed E-state index contributed by atoms with van der Waals surface area (Å²) in [6.45, 7) is 0.601. The van der Waals surface area contributed by atoms with Gasteiger partial charge in [-0.05, 0) is 21.9 Å². The van der Waals surface area contributed by atoms with E-state index in [4.69, 9.17) is 0 Å². The van der Waals surface area contributed by atoms with Crippen LogP contribution in [0, 0.1) is 10.1 Å². The molecule has 0 aliphatic heterocycles. The van der Waals surface area contributed by atoms with E-state index in [1.165, 1.54) is 17.8 Å². The Kier molecular flexibility index (Phi) is 4.45. The molecule has 3 aromatic rings. The first-order valence-corrected chi connectivity index (χ1v) is 8.24. The fraction of sp³-hybridized carbons (Fsp3) is 0.154. The zero-order chi connectivity index (χ0) is 15.4. The highest BCUT2D eigenvalue weighted by molar-refractivity contribution is 7.98. The molecule has 112 valence electrons. The number of aromatic nitrogens is 4. The molecule has 0 radical (unpaired) electrons. The smallest absolute Gasteiger partial charge is 0.258 e. The summed E-state index contributed by atoms with van der Waals surface area (Å²) in [6, 6.07) is 10.7. The SMILES string of the molecule is O=[N+]([O-])c1ccccc1CSc1nnnn1Cc1cccs1. The van der Waals surface area contributed by atoms with Crippen LogP contribution in [0.4, 0.5) is 5.69 Å². The van der Waals surface area contributed by atoms with Crippen LogP contribution in [0.15, 0.2) is 46.9 Å². The average Bonchev–Trinajstić information content (AvgIpc) is 3.18. The van der Waals surface area contributed by atoms with E-state index in [2.05, 4.69) is 15.5 Å². The van der Waals surface area contributed by atoms with Gasteiger partial charge in [0.1, 0.15) is 0 Å².